The summed E-state index contributed by atoms with van der Waals surface area (Å²) in [6, 6.07) is 9.48. The average Bonchev–Trinajstić information content (AvgIpc) is 2.64. The summed E-state index contributed by atoms with van der Waals surface area (Å²) in [4.78, 5) is 14.5. The molecule has 1 aromatic rings. The lowest BCUT2D eigenvalue weighted by atomic mass is 10.1. The van der Waals surface area contributed by atoms with E-state index in [9.17, 15) is 4.79 Å². The zero-order chi connectivity index (χ0) is 13.7. The van der Waals surface area contributed by atoms with Crippen molar-refractivity contribution in [3.05, 3.63) is 35.4 Å². The number of rotatable bonds is 3. The second-order valence-electron chi connectivity index (χ2n) is 5.28. The van der Waals surface area contributed by atoms with Crippen LogP contribution in [-0.2, 0) is 0 Å². The SMILES string of the molecule is CC1CCCCCN1CC(=O)c1ccc(C#N)cc1. The van der Waals surface area contributed by atoms with Gasteiger partial charge in [-0.05, 0) is 38.4 Å². The maximum atomic E-state index is 12.2. The van der Waals surface area contributed by atoms with Gasteiger partial charge in [-0.2, -0.15) is 5.26 Å². The Balaban J connectivity index is 2.01. The monoisotopic (exact) mass is 256 g/mol. The Kier molecular flexibility index (Phi) is 4.70. The molecule has 3 nitrogen and oxygen atoms in total. The van der Waals surface area contributed by atoms with Crippen LogP contribution >= 0.6 is 0 Å². The predicted molar refractivity (Wildman–Crippen MR) is 75.0 cm³/mol. The van der Waals surface area contributed by atoms with Gasteiger partial charge in [0.25, 0.3) is 0 Å². The Labute approximate surface area is 114 Å². The number of likely N-dealkylation sites (tertiary alicyclic amines) is 1. The van der Waals surface area contributed by atoms with Gasteiger partial charge in [-0.25, -0.2) is 0 Å². The number of ketones is 1. The lowest BCUT2D eigenvalue weighted by Gasteiger charge is -2.25. The van der Waals surface area contributed by atoms with E-state index in [1.807, 2.05) is 0 Å². The summed E-state index contributed by atoms with van der Waals surface area (Å²) in [7, 11) is 0. The maximum absolute atomic E-state index is 12.2. The third-order valence-corrected chi connectivity index (χ3v) is 3.87. The first-order valence-electron chi connectivity index (χ1n) is 6.98. The Morgan fingerprint density at radius 1 is 1.32 bits per heavy atom. The Bertz CT molecular complexity index is 473. The molecule has 0 saturated carbocycles. The zero-order valence-corrected chi connectivity index (χ0v) is 11.4. The zero-order valence-electron chi connectivity index (χ0n) is 11.4. The van der Waals surface area contributed by atoms with Gasteiger partial charge in [-0.3, -0.25) is 9.69 Å². The first-order chi connectivity index (χ1) is 9.20. The fourth-order valence-electron chi connectivity index (χ4n) is 2.58. The molecule has 1 saturated heterocycles. The summed E-state index contributed by atoms with van der Waals surface area (Å²) >= 11 is 0. The molecule has 0 N–H and O–H groups in total. The van der Waals surface area contributed by atoms with Gasteiger partial charge in [0, 0.05) is 11.6 Å². The van der Waals surface area contributed by atoms with Crippen molar-refractivity contribution >= 4 is 5.78 Å². The Hall–Kier alpha value is -1.66. The van der Waals surface area contributed by atoms with Crippen molar-refractivity contribution in [1.29, 1.82) is 5.26 Å². The van der Waals surface area contributed by atoms with Crippen LogP contribution in [-0.4, -0.2) is 29.8 Å². The van der Waals surface area contributed by atoms with Gasteiger partial charge < -0.3 is 0 Å². The molecule has 3 heteroatoms. The van der Waals surface area contributed by atoms with Gasteiger partial charge in [0.2, 0.25) is 0 Å². The van der Waals surface area contributed by atoms with E-state index in [1.54, 1.807) is 24.3 Å². The molecule has 1 atom stereocenters. The molecule has 2 rings (SSSR count). The molecule has 0 aromatic heterocycles. The topological polar surface area (TPSA) is 44.1 Å². The van der Waals surface area contributed by atoms with Crippen molar-refractivity contribution in [3.63, 3.8) is 0 Å². The number of carbonyl (C=O) groups excluding carboxylic acids is 1. The number of carbonyl (C=O) groups is 1. The van der Waals surface area contributed by atoms with Crippen LogP contribution in [0.3, 0.4) is 0 Å². The number of hydrogen-bond acceptors (Lipinski definition) is 3. The minimum absolute atomic E-state index is 0.151. The van der Waals surface area contributed by atoms with E-state index >= 15 is 0 Å². The number of nitrogens with zero attached hydrogens (tertiary/aromatic N) is 2. The molecule has 0 aliphatic carbocycles. The summed E-state index contributed by atoms with van der Waals surface area (Å²) in [6.07, 6.45) is 4.90. The highest BCUT2D eigenvalue weighted by atomic mass is 16.1. The Morgan fingerprint density at radius 3 is 2.74 bits per heavy atom. The molecule has 1 aromatic carbocycles. The molecule has 1 unspecified atom stereocenters. The standard InChI is InChI=1S/C16H20N2O/c1-13-5-3-2-4-10-18(13)12-16(19)15-8-6-14(11-17)7-9-15/h6-9,13H,2-5,10,12H2,1H3. The molecular formula is C16H20N2O. The molecule has 1 aliphatic heterocycles. The van der Waals surface area contributed by atoms with Crippen LogP contribution in [0.5, 0.6) is 0 Å². The molecule has 0 spiro atoms. The van der Waals surface area contributed by atoms with Crippen molar-refractivity contribution in [1.82, 2.24) is 4.90 Å². The van der Waals surface area contributed by atoms with Gasteiger partial charge in [-0.15, -0.1) is 0 Å². The summed E-state index contributed by atoms with van der Waals surface area (Å²) in [5.74, 6) is 0.151. The largest absolute Gasteiger partial charge is 0.293 e. The second-order valence-corrected chi connectivity index (χ2v) is 5.28. The molecular weight excluding hydrogens is 236 g/mol. The highest BCUT2D eigenvalue weighted by Gasteiger charge is 2.19. The van der Waals surface area contributed by atoms with Crippen LogP contribution in [0.4, 0.5) is 0 Å². The molecule has 0 bridgehead atoms. The molecule has 1 fully saturated rings. The van der Waals surface area contributed by atoms with Crippen molar-refractivity contribution in [3.8, 4) is 6.07 Å². The van der Waals surface area contributed by atoms with Crippen molar-refractivity contribution in [2.45, 2.75) is 38.6 Å². The fraction of sp³-hybridized carbons (Fsp3) is 0.500. The smallest absolute Gasteiger partial charge is 0.176 e. The maximum Gasteiger partial charge on any atom is 0.176 e. The first-order valence-corrected chi connectivity index (χ1v) is 6.98. The second kappa shape index (κ2) is 6.49. The van der Waals surface area contributed by atoms with Gasteiger partial charge >= 0.3 is 0 Å². The van der Waals surface area contributed by atoms with E-state index in [1.165, 1.54) is 25.7 Å². The van der Waals surface area contributed by atoms with E-state index < -0.39 is 0 Å². The Morgan fingerprint density at radius 2 is 2.05 bits per heavy atom. The van der Waals surface area contributed by atoms with Crippen LogP contribution in [0.25, 0.3) is 0 Å². The highest BCUT2D eigenvalue weighted by Crippen LogP contribution is 2.17. The van der Waals surface area contributed by atoms with Gasteiger partial charge in [0.05, 0.1) is 18.2 Å². The van der Waals surface area contributed by atoms with Crippen molar-refractivity contribution in [2.75, 3.05) is 13.1 Å². The van der Waals surface area contributed by atoms with Crippen LogP contribution in [0.1, 0.15) is 48.5 Å². The quantitative estimate of drug-likeness (QED) is 0.781. The normalized spacial score (nSPS) is 20.5. The third-order valence-electron chi connectivity index (χ3n) is 3.87. The lowest BCUT2D eigenvalue weighted by molar-refractivity contribution is 0.0901. The lowest BCUT2D eigenvalue weighted by Crippen LogP contribution is -2.37. The molecule has 1 heterocycles. The van der Waals surface area contributed by atoms with Crippen LogP contribution in [0.2, 0.25) is 0 Å². The van der Waals surface area contributed by atoms with Gasteiger partial charge in [0.1, 0.15) is 0 Å². The summed E-state index contributed by atoms with van der Waals surface area (Å²) < 4.78 is 0. The molecule has 0 amide bonds. The van der Waals surface area contributed by atoms with E-state index in [0.29, 0.717) is 23.7 Å². The minimum Gasteiger partial charge on any atom is -0.293 e. The van der Waals surface area contributed by atoms with Crippen LogP contribution in [0.15, 0.2) is 24.3 Å². The van der Waals surface area contributed by atoms with Gasteiger partial charge in [-0.1, -0.05) is 25.0 Å². The van der Waals surface area contributed by atoms with E-state index in [4.69, 9.17) is 5.26 Å². The van der Waals surface area contributed by atoms with E-state index in [0.717, 1.165) is 6.54 Å². The number of Topliss-reactive ketones (excluding diaryl/α,β-unsaturated/α-hetero) is 1. The summed E-state index contributed by atoms with van der Waals surface area (Å²) in [5, 5.41) is 8.75. The minimum atomic E-state index is 0.151. The average molecular weight is 256 g/mol. The third kappa shape index (κ3) is 3.65. The number of nitriles is 1. The molecule has 100 valence electrons. The van der Waals surface area contributed by atoms with Gasteiger partial charge in [0.15, 0.2) is 5.78 Å². The molecule has 1 aliphatic rings. The van der Waals surface area contributed by atoms with E-state index in [-0.39, 0.29) is 5.78 Å². The summed E-state index contributed by atoms with van der Waals surface area (Å²) in [6.45, 7) is 3.72. The van der Waals surface area contributed by atoms with Crippen molar-refractivity contribution < 1.29 is 4.79 Å². The van der Waals surface area contributed by atoms with Crippen LogP contribution < -0.4 is 0 Å². The predicted octanol–water partition coefficient (Wildman–Crippen LogP) is 3.01. The van der Waals surface area contributed by atoms with E-state index in [2.05, 4.69) is 17.9 Å². The molecule has 0 radical (unpaired) electrons. The number of hydrogen-bond donors (Lipinski definition) is 0. The van der Waals surface area contributed by atoms with Crippen molar-refractivity contribution in [2.24, 2.45) is 0 Å². The van der Waals surface area contributed by atoms with Crippen LogP contribution in [0, 0.1) is 11.3 Å². The highest BCUT2D eigenvalue weighted by molar-refractivity contribution is 5.97. The fourth-order valence-corrected chi connectivity index (χ4v) is 2.58. The first kappa shape index (κ1) is 13.8. The molecule has 19 heavy (non-hydrogen) atoms. The number of benzene rings is 1. The summed E-state index contributed by atoms with van der Waals surface area (Å²) in [5.41, 5.74) is 1.30.